The summed E-state index contributed by atoms with van der Waals surface area (Å²) >= 11 is 0. The molecule has 30 heavy (non-hydrogen) atoms. The van der Waals surface area contributed by atoms with Gasteiger partial charge in [0.15, 0.2) is 5.96 Å². The third-order valence-electron chi connectivity index (χ3n) is 5.96. The second kappa shape index (κ2) is 11.2. The highest BCUT2D eigenvalue weighted by molar-refractivity contribution is 5.79. The van der Waals surface area contributed by atoms with Gasteiger partial charge in [0.25, 0.3) is 0 Å². The number of likely N-dealkylation sites (tertiary alicyclic amines) is 1. The van der Waals surface area contributed by atoms with E-state index in [1.807, 2.05) is 7.05 Å². The minimum atomic E-state index is 0.669. The van der Waals surface area contributed by atoms with Gasteiger partial charge in [0.05, 0.1) is 5.69 Å². The van der Waals surface area contributed by atoms with Crippen LogP contribution in [0.3, 0.4) is 0 Å². The minimum Gasteiger partial charge on any atom is -0.361 e. The second-order valence-electron chi connectivity index (χ2n) is 8.27. The molecule has 2 heterocycles. The number of piperidine rings is 1. The van der Waals surface area contributed by atoms with Gasteiger partial charge in [0.1, 0.15) is 5.76 Å². The van der Waals surface area contributed by atoms with E-state index in [9.17, 15) is 0 Å². The largest absolute Gasteiger partial charge is 0.361 e. The van der Waals surface area contributed by atoms with E-state index >= 15 is 0 Å². The van der Waals surface area contributed by atoms with Gasteiger partial charge in [-0.15, -0.1) is 0 Å². The van der Waals surface area contributed by atoms with E-state index in [1.165, 1.54) is 37.1 Å². The van der Waals surface area contributed by atoms with Gasteiger partial charge >= 0.3 is 0 Å². The molecular weight excluding hydrogens is 374 g/mol. The number of guanidine groups is 1. The molecule has 0 bridgehead atoms. The summed E-state index contributed by atoms with van der Waals surface area (Å²) in [7, 11) is 1.81. The SMILES string of the molecule is CCc1noc(CC)c1CNC(=NC)NCc1ccccc1CN1CCCC(C)C1. The lowest BCUT2D eigenvalue weighted by molar-refractivity contribution is 0.176. The molecule has 3 rings (SSSR count). The van der Waals surface area contributed by atoms with Crippen LogP contribution in [0.1, 0.15) is 61.8 Å². The predicted octanol–water partition coefficient (Wildman–Crippen LogP) is 3.90. The predicted molar refractivity (Wildman–Crippen MR) is 122 cm³/mol. The highest BCUT2D eigenvalue weighted by atomic mass is 16.5. The molecule has 1 aromatic carbocycles. The van der Waals surface area contributed by atoms with E-state index in [2.05, 4.69) is 70.7 Å². The Morgan fingerprint density at radius 1 is 1.17 bits per heavy atom. The number of hydrogen-bond acceptors (Lipinski definition) is 4. The molecule has 6 heteroatoms. The maximum Gasteiger partial charge on any atom is 0.191 e. The first-order valence-corrected chi connectivity index (χ1v) is 11.3. The molecule has 2 N–H and O–H groups in total. The van der Waals surface area contributed by atoms with Crippen LogP contribution in [0, 0.1) is 5.92 Å². The average molecular weight is 412 g/mol. The molecule has 1 aromatic heterocycles. The van der Waals surface area contributed by atoms with Crippen LogP contribution in [0.15, 0.2) is 33.8 Å². The molecule has 1 aliphatic heterocycles. The van der Waals surface area contributed by atoms with Crippen molar-refractivity contribution in [2.24, 2.45) is 10.9 Å². The van der Waals surface area contributed by atoms with Crippen LogP contribution >= 0.6 is 0 Å². The zero-order valence-electron chi connectivity index (χ0n) is 19.0. The van der Waals surface area contributed by atoms with Gasteiger partial charge in [0, 0.05) is 45.2 Å². The molecule has 1 aliphatic rings. The van der Waals surface area contributed by atoms with Crippen LogP contribution in [-0.2, 0) is 32.5 Å². The normalized spacial score (nSPS) is 17.9. The monoisotopic (exact) mass is 411 g/mol. The molecule has 0 amide bonds. The summed E-state index contributed by atoms with van der Waals surface area (Å²) in [6.07, 6.45) is 4.38. The van der Waals surface area contributed by atoms with E-state index in [4.69, 9.17) is 4.52 Å². The van der Waals surface area contributed by atoms with E-state index in [0.717, 1.165) is 54.8 Å². The lowest BCUT2D eigenvalue weighted by atomic mass is 9.99. The molecule has 6 nitrogen and oxygen atoms in total. The first-order valence-electron chi connectivity index (χ1n) is 11.3. The fourth-order valence-corrected chi connectivity index (χ4v) is 4.26. The molecule has 0 spiro atoms. The van der Waals surface area contributed by atoms with Crippen molar-refractivity contribution < 1.29 is 4.52 Å². The quantitative estimate of drug-likeness (QED) is 0.509. The van der Waals surface area contributed by atoms with Crippen LogP contribution in [0.4, 0.5) is 0 Å². The number of hydrogen-bond donors (Lipinski definition) is 2. The van der Waals surface area contributed by atoms with Crippen molar-refractivity contribution >= 4 is 5.96 Å². The third-order valence-corrected chi connectivity index (χ3v) is 5.96. The van der Waals surface area contributed by atoms with E-state index < -0.39 is 0 Å². The number of aromatic nitrogens is 1. The molecule has 0 aliphatic carbocycles. The summed E-state index contributed by atoms with van der Waals surface area (Å²) in [6.45, 7) is 11.4. The average Bonchev–Trinajstić information content (AvgIpc) is 3.17. The van der Waals surface area contributed by atoms with Crippen LogP contribution in [-0.4, -0.2) is 36.2 Å². The van der Waals surface area contributed by atoms with Crippen LogP contribution < -0.4 is 10.6 Å². The van der Waals surface area contributed by atoms with E-state index in [0.29, 0.717) is 6.54 Å². The fraction of sp³-hybridized carbons (Fsp3) is 0.583. The maximum absolute atomic E-state index is 5.47. The van der Waals surface area contributed by atoms with Crippen molar-refractivity contribution in [3.63, 3.8) is 0 Å². The molecule has 0 saturated carbocycles. The van der Waals surface area contributed by atoms with Gasteiger partial charge < -0.3 is 15.2 Å². The Bertz CT molecular complexity index is 807. The molecule has 1 unspecified atom stereocenters. The fourth-order valence-electron chi connectivity index (χ4n) is 4.26. The van der Waals surface area contributed by atoms with Crippen molar-refractivity contribution in [3.8, 4) is 0 Å². The Morgan fingerprint density at radius 2 is 1.93 bits per heavy atom. The highest BCUT2D eigenvalue weighted by Crippen LogP contribution is 2.19. The van der Waals surface area contributed by atoms with Crippen molar-refractivity contribution in [2.45, 2.75) is 66.1 Å². The number of aryl methyl sites for hydroxylation is 2. The van der Waals surface area contributed by atoms with E-state index in [1.54, 1.807) is 0 Å². The Labute approximate surface area is 181 Å². The molecule has 1 saturated heterocycles. The van der Waals surface area contributed by atoms with Gasteiger partial charge in [-0.3, -0.25) is 9.89 Å². The summed E-state index contributed by atoms with van der Waals surface area (Å²) in [5.41, 5.74) is 4.90. The smallest absolute Gasteiger partial charge is 0.191 e. The Kier molecular flexibility index (Phi) is 8.31. The number of rotatable bonds is 8. The first-order chi connectivity index (χ1) is 14.6. The van der Waals surface area contributed by atoms with Crippen molar-refractivity contribution in [1.82, 2.24) is 20.7 Å². The number of benzene rings is 1. The highest BCUT2D eigenvalue weighted by Gasteiger charge is 2.17. The second-order valence-corrected chi connectivity index (χ2v) is 8.27. The lowest BCUT2D eigenvalue weighted by Gasteiger charge is -2.31. The summed E-state index contributed by atoms with van der Waals surface area (Å²) < 4.78 is 5.47. The molecule has 1 atom stereocenters. The summed E-state index contributed by atoms with van der Waals surface area (Å²) in [4.78, 5) is 6.99. The minimum absolute atomic E-state index is 0.669. The first kappa shape index (κ1) is 22.3. The Morgan fingerprint density at radius 3 is 2.63 bits per heavy atom. The number of aliphatic imine (C=N–C) groups is 1. The Hall–Kier alpha value is -2.34. The van der Waals surface area contributed by atoms with Crippen molar-refractivity contribution in [2.75, 3.05) is 20.1 Å². The van der Waals surface area contributed by atoms with Crippen LogP contribution in [0.25, 0.3) is 0 Å². The molecular formula is C24H37N5O. The lowest BCUT2D eigenvalue weighted by Crippen LogP contribution is -2.37. The van der Waals surface area contributed by atoms with Crippen molar-refractivity contribution in [1.29, 1.82) is 0 Å². The molecule has 2 aromatic rings. The third kappa shape index (κ3) is 5.85. The van der Waals surface area contributed by atoms with Gasteiger partial charge in [-0.25, -0.2) is 0 Å². The summed E-state index contributed by atoms with van der Waals surface area (Å²) in [5.74, 6) is 2.54. The zero-order valence-corrected chi connectivity index (χ0v) is 19.0. The topological polar surface area (TPSA) is 65.7 Å². The van der Waals surface area contributed by atoms with Gasteiger partial charge in [-0.1, -0.05) is 50.2 Å². The van der Waals surface area contributed by atoms with Gasteiger partial charge in [-0.2, -0.15) is 0 Å². The molecule has 1 fully saturated rings. The summed E-state index contributed by atoms with van der Waals surface area (Å²) in [5, 5.41) is 11.1. The van der Waals surface area contributed by atoms with Crippen molar-refractivity contribution in [3.05, 3.63) is 52.4 Å². The summed E-state index contributed by atoms with van der Waals surface area (Å²) in [6, 6.07) is 8.73. The Balaban J connectivity index is 1.58. The van der Waals surface area contributed by atoms with Gasteiger partial charge in [-0.05, 0) is 42.9 Å². The van der Waals surface area contributed by atoms with E-state index in [-0.39, 0.29) is 0 Å². The molecule has 164 valence electrons. The van der Waals surface area contributed by atoms with Crippen LogP contribution in [0.2, 0.25) is 0 Å². The van der Waals surface area contributed by atoms with Crippen LogP contribution in [0.5, 0.6) is 0 Å². The standard InChI is InChI=1S/C24H37N5O/c1-5-22-21(23(6-2)30-28-22)15-27-24(25-4)26-14-19-11-7-8-12-20(19)17-29-13-9-10-18(3)16-29/h7-8,11-12,18H,5-6,9-10,13-17H2,1-4H3,(H2,25,26,27). The number of nitrogens with one attached hydrogen (secondary N) is 2. The van der Waals surface area contributed by atoms with Gasteiger partial charge in [0.2, 0.25) is 0 Å². The number of nitrogens with zero attached hydrogens (tertiary/aromatic N) is 3. The maximum atomic E-state index is 5.47. The molecule has 0 radical (unpaired) electrons. The zero-order chi connectivity index (χ0) is 21.3.